The van der Waals surface area contributed by atoms with E-state index < -0.39 is 0 Å². The number of hydrogen-bond acceptors (Lipinski definition) is 5. The summed E-state index contributed by atoms with van der Waals surface area (Å²) in [6.07, 6.45) is 0. The van der Waals surface area contributed by atoms with Crippen molar-refractivity contribution in [1.29, 1.82) is 0 Å². The van der Waals surface area contributed by atoms with Gasteiger partial charge in [0.1, 0.15) is 19.0 Å². The summed E-state index contributed by atoms with van der Waals surface area (Å²) in [5, 5.41) is 6.58. The van der Waals surface area contributed by atoms with Crippen LogP contribution in [-0.2, 0) is 0 Å². The summed E-state index contributed by atoms with van der Waals surface area (Å²) >= 11 is 1.42. The average molecular weight is 383 g/mol. The first-order valence-corrected chi connectivity index (χ1v) is 9.39. The lowest BCUT2D eigenvalue weighted by atomic mass is 10.1. The molecular weight excluding hydrogens is 365 g/mol. The Morgan fingerprint density at radius 1 is 1.11 bits per heavy atom. The van der Waals surface area contributed by atoms with Crippen LogP contribution < -0.4 is 14.3 Å². The first-order chi connectivity index (χ1) is 13.2. The van der Waals surface area contributed by atoms with E-state index in [-0.39, 0.29) is 5.82 Å². The molecule has 0 saturated heterocycles. The Kier molecular flexibility index (Phi) is 4.77. The summed E-state index contributed by atoms with van der Waals surface area (Å²) in [6, 6.07) is 12.4. The molecule has 0 saturated carbocycles. The molecule has 2 heterocycles. The van der Waals surface area contributed by atoms with Crippen molar-refractivity contribution < 1.29 is 13.9 Å². The molecule has 7 heteroatoms. The van der Waals surface area contributed by atoms with Gasteiger partial charge in [-0.25, -0.2) is 9.07 Å². The Balaban J connectivity index is 1.80. The van der Waals surface area contributed by atoms with Gasteiger partial charge in [-0.2, -0.15) is 5.10 Å². The lowest BCUT2D eigenvalue weighted by Gasteiger charge is -2.18. The van der Waals surface area contributed by atoms with Crippen LogP contribution in [0.2, 0.25) is 0 Å². The van der Waals surface area contributed by atoms with Gasteiger partial charge in [0.2, 0.25) is 4.80 Å². The Morgan fingerprint density at radius 2 is 1.89 bits per heavy atom. The molecule has 0 N–H and O–H groups in total. The van der Waals surface area contributed by atoms with Crippen molar-refractivity contribution in [2.75, 3.05) is 20.3 Å². The molecule has 2 aromatic carbocycles. The van der Waals surface area contributed by atoms with E-state index in [9.17, 15) is 4.39 Å². The van der Waals surface area contributed by atoms with E-state index in [0.29, 0.717) is 35.0 Å². The monoisotopic (exact) mass is 383 g/mol. The molecule has 4 rings (SSSR count). The quantitative estimate of drug-likeness (QED) is 0.644. The zero-order chi connectivity index (χ0) is 18.8. The second kappa shape index (κ2) is 7.36. The molecule has 0 unspecified atom stereocenters. The molecule has 0 radical (unpaired) electrons. The van der Waals surface area contributed by atoms with Crippen LogP contribution in [-0.4, -0.2) is 30.6 Å². The molecule has 1 aliphatic heterocycles. The Hall–Kier alpha value is -2.93. The Morgan fingerprint density at radius 3 is 2.67 bits per heavy atom. The van der Waals surface area contributed by atoms with Crippen LogP contribution in [0.15, 0.2) is 57.9 Å². The molecule has 0 aliphatic carbocycles. The normalized spacial score (nSPS) is 14.5. The molecule has 0 fully saturated rings. The molecule has 0 spiro atoms. The van der Waals surface area contributed by atoms with Gasteiger partial charge in [-0.3, -0.25) is 4.99 Å². The summed E-state index contributed by atoms with van der Waals surface area (Å²) < 4.78 is 27.2. The summed E-state index contributed by atoms with van der Waals surface area (Å²) in [7, 11) is 1.70. The second-order valence-corrected chi connectivity index (χ2v) is 6.80. The fourth-order valence-electron chi connectivity index (χ4n) is 2.88. The van der Waals surface area contributed by atoms with Crippen LogP contribution in [0.5, 0.6) is 11.5 Å². The maximum absolute atomic E-state index is 14.3. The largest absolute Gasteiger partial charge is 0.486 e. The van der Waals surface area contributed by atoms with E-state index in [1.807, 2.05) is 30.5 Å². The lowest BCUT2D eigenvalue weighted by molar-refractivity contribution is 0.171. The highest BCUT2D eigenvalue weighted by molar-refractivity contribution is 7.07. The van der Waals surface area contributed by atoms with Crippen molar-refractivity contribution in [1.82, 2.24) is 4.68 Å². The number of nitrogens with zero attached hydrogens (tertiary/aromatic N) is 3. The van der Waals surface area contributed by atoms with Crippen LogP contribution >= 0.6 is 11.3 Å². The molecular formula is C20H18FN3O2S. The molecule has 0 atom stereocenters. The topological polar surface area (TPSA) is 48.1 Å². The number of rotatable bonds is 3. The Bertz CT molecular complexity index is 1080. The number of hydrogen-bond donors (Lipinski definition) is 0. The Labute approximate surface area is 160 Å². The fourth-order valence-corrected chi connectivity index (χ4v) is 3.67. The van der Waals surface area contributed by atoms with E-state index in [0.717, 1.165) is 17.0 Å². The van der Waals surface area contributed by atoms with Crippen LogP contribution in [0.3, 0.4) is 0 Å². The molecule has 3 aromatic rings. The van der Waals surface area contributed by atoms with E-state index in [1.54, 1.807) is 29.9 Å². The second-order valence-electron chi connectivity index (χ2n) is 5.96. The maximum Gasteiger partial charge on any atom is 0.205 e. The molecule has 138 valence electrons. The van der Waals surface area contributed by atoms with Crippen molar-refractivity contribution in [3.05, 3.63) is 64.0 Å². The zero-order valence-electron chi connectivity index (χ0n) is 15.0. The lowest BCUT2D eigenvalue weighted by Crippen LogP contribution is -2.16. The minimum absolute atomic E-state index is 0.293. The van der Waals surface area contributed by atoms with E-state index in [4.69, 9.17) is 14.6 Å². The van der Waals surface area contributed by atoms with Gasteiger partial charge in [0.15, 0.2) is 11.5 Å². The van der Waals surface area contributed by atoms with Crippen molar-refractivity contribution in [2.45, 2.75) is 6.92 Å². The van der Waals surface area contributed by atoms with Crippen LogP contribution in [0.4, 0.5) is 4.39 Å². The number of fused-ring (bicyclic) bond motifs is 1. The van der Waals surface area contributed by atoms with Gasteiger partial charge in [0.05, 0.1) is 11.4 Å². The minimum Gasteiger partial charge on any atom is -0.486 e. The summed E-state index contributed by atoms with van der Waals surface area (Å²) in [6.45, 7) is 2.99. The first kappa shape index (κ1) is 17.5. The predicted molar refractivity (Wildman–Crippen MR) is 104 cm³/mol. The average Bonchev–Trinajstić information content (AvgIpc) is 3.10. The first-order valence-electron chi connectivity index (χ1n) is 8.51. The van der Waals surface area contributed by atoms with Crippen molar-refractivity contribution in [3.8, 4) is 22.8 Å². The van der Waals surface area contributed by atoms with Crippen molar-refractivity contribution in [2.24, 2.45) is 10.1 Å². The number of benzene rings is 2. The zero-order valence-corrected chi connectivity index (χ0v) is 15.8. The predicted octanol–water partition coefficient (Wildman–Crippen LogP) is 3.93. The summed E-state index contributed by atoms with van der Waals surface area (Å²) in [5.74, 6) is 1.15. The van der Waals surface area contributed by atoms with E-state index in [1.165, 1.54) is 17.4 Å². The summed E-state index contributed by atoms with van der Waals surface area (Å²) in [5.41, 5.74) is 2.82. The highest BCUT2D eigenvalue weighted by atomic mass is 32.1. The molecule has 0 bridgehead atoms. The van der Waals surface area contributed by atoms with Crippen LogP contribution in [0.1, 0.15) is 12.5 Å². The van der Waals surface area contributed by atoms with Crippen LogP contribution in [0.25, 0.3) is 11.3 Å². The number of halogens is 1. The van der Waals surface area contributed by atoms with Crippen molar-refractivity contribution in [3.63, 3.8) is 0 Å². The van der Waals surface area contributed by atoms with Gasteiger partial charge in [-0.1, -0.05) is 12.1 Å². The molecule has 1 aromatic heterocycles. The number of thiazole rings is 1. The molecule has 1 aliphatic rings. The van der Waals surface area contributed by atoms with Gasteiger partial charge >= 0.3 is 0 Å². The highest BCUT2D eigenvalue weighted by Gasteiger charge is 2.15. The highest BCUT2D eigenvalue weighted by Crippen LogP contribution is 2.31. The third-order valence-electron chi connectivity index (χ3n) is 4.24. The smallest absolute Gasteiger partial charge is 0.205 e. The van der Waals surface area contributed by atoms with Gasteiger partial charge in [-0.05, 0) is 37.3 Å². The van der Waals surface area contributed by atoms with E-state index in [2.05, 4.69) is 4.99 Å². The third-order valence-corrected chi connectivity index (χ3v) is 5.14. The van der Waals surface area contributed by atoms with Gasteiger partial charge in [-0.15, -0.1) is 11.3 Å². The van der Waals surface area contributed by atoms with Gasteiger partial charge < -0.3 is 9.47 Å². The van der Waals surface area contributed by atoms with Crippen molar-refractivity contribution >= 4 is 17.0 Å². The number of ether oxygens (including phenoxy) is 2. The third kappa shape index (κ3) is 3.38. The standard InChI is InChI=1S/C20H18FN3O2S/c1-13(14-7-8-18-19(11-14)26-10-9-25-18)23-24-17(12-27-20(24)22-2)15-5-3-4-6-16(15)21/h3-8,11-12H,9-10H2,1-2H3. The molecule has 0 amide bonds. The fraction of sp³-hybridized carbons (Fsp3) is 0.200. The van der Waals surface area contributed by atoms with Gasteiger partial charge in [0, 0.05) is 23.6 Å². The minimum atomic E-state index is -0.293. The van der Waals surface area contributed by atoms with Crippen LogP contribution in [0, 0.1) is 5.82 Å². The maximum atomic E-state index is 14.3. The molecule has 5 nitrogen and oxygen atoms in total. The van der Waals surface area contributed by atoms with Gasteiger partial charge in [0.25, 0.3) is 0 Å². The molecule has 27 heavy (non-hydrogen) atoms. The SMILES string of the molecule is CN=c1scc(-c2ccccc2F)n1N=C(C)c1ccc2c(c1)OCCO2. The van der Waals surface area contributed by atoms with E-state index >= 15 is 0 Å². The summed E-state index contributed by atoms with van der Waals surface area (Å²) in [4.78, 5) is 4.96. The number of aromatic nitrogens is 1.